The van der Waals surface area contributed by atoms with Crippen LogP contribution in [0.1, 0.15) is 61.4 Å². The van der Waals surface area contributed by atoms with Crippen LogP contribution < -0.4 is 5.32 Å². The summed E-state index contributed by atoms with van der Waals surface area (Å²) in [6.45, 7) is 5.46. The number of fused-ring (bicyclic) bond motifs is 1. The molecule has 1 amide bonds. The number of carbonyl (C=O) groups excluding carboxylic acids is 2. The van der Waals surface area contributed by atoms with Crippen molar-refractivity contribution in [2.75, 3.05) is 0 Å². The monoisotopic (exact) mass is 282 g/mol. The summed E-state index contributed by atoms with van der Waals surface area (Å²) in [5, 5.41) is 2.84. The molecule has 0 fully saturated rings. The molecule has 1 aliphatic carbocycles. The van der Waals surface area contributed by atoms with Crippen LogP contribution in [-0.2, 0) is 4.74 Å². The van der Waals surface area contributed by atoms with Crippen molar-refractivity contribution in [1.29, 1.82) is 0 Å². The summed E-state index contributed by atoms with van der Waals surface area (Å²) in [6.07, 6.45) is 1.53. The normalized spacial score (nSPS) is 19.5. The molecule has 0 aromatic carbocycles. The van der Waals surface area contributed by atoms with E-state index >= 15 is 0 Å². The molecule has 104 valence electrons. The maximum absolute atomic E-state index is 11.8. The Morgan fingerprint density at radius 1 is 1.53 bits per heavy atom. The van der Waals surface area contributed by atoms with Crippen molar-refractivity contribution in [3.8, 4) is 0 Å². The zero-order chi connectivity index (χ0) is 14.0. The molecule has 1 aromatic heterocycles. The number of alkyl carbamates (subject to hydrolysis) is 1. The van der Waals surface area contributed by atoms with Crippen LogP contribution >= 0.6 is 11.3 Å². The van der Waals surface area contributed by atoms with E-state index in [2.05, 4.69) is 10.3 Å². The molecule has 0 aliphatic heterocycles. The molecule has 1 aliphatic rings. The van der Waals surface area contributed by atoms with Gasteiger partial charge in [-0.15, -0.1) is 11.3 Å². The Balaban J connectivity index is 2.11. The van der Waals surface area contributed by atoms with Crippen LogP contribution in [0.25, 0.3) is 0 Å². The molecule has 1 aromatic rings. The lowest BCUT2D eigenvalue weighted by Crippen LogP contribution is -2.34. The standard InChI is InChI=1S/C13H18N2O3S/c1-13(2,3)18-12(17)15-8-5-4-6-9(16)10-11(8)19-7-14-10/h7-8H,4-6H2,1-3H3,(H,15,17)/t8-/m0/s1. The lowest BCUT2D eigenvalue weighted by Gasteiger charge is -2.22. The number of amides is 1. The largest absolute Gasteiger partial charge is 0.444 e. The third-order valence-electron chi connectivity index (χ3n) is 2.76. The van der Waals surface area contributed by atoms with Gasteiger partial charge >= 0.3 is 6.09 Å². The SMILES string of the molecule is CC(C)(C)OC(=O)N[C@H]1CCCC(=O)c2ncsc21. The minimum atomic E-state index is -0.527. The van der Waals surface area contributed by atoms with Gasteiger partial charge in [0.15, 0.2) is 5.78 Å². The second kappa shape index (κ2) is 5.28. The number of hydrogen-bond acceptors (Lipinski definition) is 5. The predicted molar refractivity (Wildman–Crippen MR) is 72.4 cm³/mol. The van der Waals surface area contributed by atoms with Crippen LogP contribution in [0.5, 0.6) is 0 Å². The quantitative estimate of drug-likeness (QED) is 0.804. The number of hydrogen-bond donors (Lipinski definition) is 1. The van der Waals surface area contributed by atoms with Gasteiger partial charge in [-0.3, -0.25) is 4.79 Å². The molecule has 19 heavy (non-hydrogen) atoms. The number of aromatic nitrogens is 1. The van der Waals surface area contributed by atoms with E-state index in [4.69, 9.17) is 4.74 Å². The topological polar surface area (TPSA) is 68.3 Å². The number of nitrogens with zero attached hydrogens (tertiary/aromatic N) is 1. The van der Waals surface area contributed by atoms with E-state index in [1.54, 1.807) is 5.51 Å². The predicted octanol–water partition coefficient (Wildman–Crippen LogP) is 3.08. The third kappa shape index (κ3) is 3.53. The van der Waals surface area contributed by atoms with Gasteiger partial charge in [0.25, 0.3) is 0 Å². The number of thiazole rings is 1. The highest BCUT2D eigenvalue weighted by molar-refractivity contribution is 7.10. The van der Waals surface area contributed by atoms with Gasteiger partial charge in [0.1, 0.15) is 11.3 Å². The number of ether oxygens (including phenoxy) is 1. The number of nitrogens with one attached hydrogen (secondary N) is 1. The first-order valence-corrected chi connectivity index (χ1v) is 7.21. The van der Waals surface area contributed by atoms with Crippen LogP contribution in [-0.4, -0.2) is 22.5 Å². The zero-order valence-electron chi connectivity index (χ0n) is 11.4. The Bertz CT molecular complexity index is 490. The average Bonchev–Trinajstić information content (AvgIpc) is 2.68. The maximum Gasteiger partial charge on any atom is 0.408 e. The molecule has 6 heteroatoms. The summed E-state index contributed by atoms with van der Waals surface area (Å²) in [5.41, 5.74) is 1.63. The minimum Gasteiger partial charge on any atom is -0.444 e. The molecule has 5 nitrogen and oxygen atoms in total. The molecular formula is C13H18N2O3S. The van der Waals surface area contributed by atoms with Crippen molar-refractivity contribution in [3.63, 3.8) is 0 Å². The fraction of sp³-hybridized carbons (Fsp3) is 0.615. The number of ketones is 1. The first kappa shape index (κ1) is 14.0. The summed E-state index contributed by atoms with van der Waals surface area (Å²) in [7, 11) is 0. The highest BCUT2D eigenvalue weighted by Gasteiger charge is 2.28. The molecule has 0 saturated heterocycles. The fourth-order valence-electron chi connectivity index (χ4n) is 2.02. The molecular weight excluding hydrogens is 264 g/mol. The Morgan fingerprint density at radius 2 is 2.26 bits per heavy atom. The molecule has 0 spiro atoms. The highest BCUT2D eigenvalue weighted by Crippen LogP contribution is 2.31. The Hall–Kier alpha value is -1.43. The number of carbonyl (C=O) groups is 2. The lowest BCUT2D eigenvalue weighted by atomic mass is 10.1. The van der Waals surface area contributed by atoms with Crippen LogP contribution in [0.4, 0.5) is 4.79 Å². The van der Waals surface area contributed by atoms with Crippen LogP contribution in [0, 0.1) is 0 Å². The molecule has 2 rings (SSSR count). The van der Waals surface area contributed by atoms with Gasteiger partial charge in [0.2, 0.25) is 0 Å². The molecule has 0 bridgehead atoms. The smallest absolute Gasteiger partial charge is 0.408 e. The van der Waals surface area contributed by atoms with Gasteiger partial charge in [-0.25, -0.2) is 9.78 Å². The first-order chi connectivity index (χ1) is 8.87. The summed E-state index contributed by atoms with van der Waals surface area (Å²) in [5.74, 6) is 0.0599. The molecule has 0 unspecified atom stereocenters. The van der Waals surface area contributed by atoms with Crippen molar-refractivity contribution >= 4 is 23.2 Å². The maximum atomic E-state index is 11.8. The van der Waals surface area contributed by atoms with Crippen LogP contribution in [0.2, 0.25) is 0 Å². The first-order valence-electron chi connectivity index (χ1n) is 6.33. The third-order valence-corrected chi connectivity index (χ3v) is 3.71. The van der Waals surface area contributed by atoms with Crippen LogP contribution in [0.3, 0.4) is 0 Å². The Morgan fingerprint density at radius 3 is 2.95 bits per heavy atom. The van der Waals surface area contributed by atoms with E-state index in [1.807, 2.05) is 20.8 Å². The molecule has 1 heterocycles. The minimum absolute atomic E-state index is 0.0599. The zero-order valence-corrected chi connectivity index (χ0v) is 12.2. The van der Waals surface area contributed by atoms with Crippen molar-refractivity contribution in [2.45, 2.75) is 51.7 Å². The second-order valence-electron chi connectivity index (χ2n) is 5.58. The van der Waals surface area contributed by atoms with Crippen molar-refractivity contribution in [3.05, 3.63) is 16.1 Å². The van der Waals surface area contributed by atoms with E-state index in [-0.39, 0.29) is 11.8 Å². The summed E-state index contributed by atoms with van der Waals surface area (Å²) < 4.78 is 5.25. The number of rotatable bonds is 1. The van der Waals surface area contributed by atoms with Gasteiger partial charge in [-0.2, -0.15) is 0 Å². The molecule has 1 atom stereocenters. The fourth-order valence-corrected chi connectivity index (χ4v) is 2.91. The van der Waals surface area contributed by atoms with Gasteiger partial charge in [0.05, 0.1) is 16.4 Å². The van der Waals surface area contributed by atoms with E-state index in [9.17, 15) is 9.59 Å². The van der Waals surface area contributed by atoms with Crippen molar-refractivity contribution in [2.24, 2.45) is 0 Å². The van der Waals surface area contributed by atoms with E-state index in [0.29, 0.717) is 12.1 Å². The summed E-state index contributed by atoms with van der Waals surface area (Å²) in [6, 6.07) is -0.177. The molecule has 0 saturated carbocycles. The second-order valence-corrected chi connectivity index (χ2v) is 6.47. The highest BCUT2D eigenvalue weighted by atomic mass is 32.1. The Labute approximate surface area is 116 Å². The summed E-state index contributed by atoms with van der Waals surface area (Å²) in [4.78, 5) is 28.6. The molecule has 1 N–H and O–H groups in total. The van der Waals surface area contributed by atoms with Gasteiger partial charge in [-0.05, 0) is 33.6 Å². The number of Topliss-reactive ketones (excluding diaryl/α,β-unsaturated/α-hetero) is 1. The van der Waals surface area contributed by atoms with E-state index in [1.165, 1.54) is 11.3 Å². The molecule has 0 radical (unpaired) electrons. The van der Waals surface area contributed by atoms with Crippen LogP contribution in [0.15, 0.2) is 5.51 Å². The average molecular weight is 282 g/mol. The van der Waals surface area contributed by atoms with E-state index < -0.39 is 11.7 Å². The lowest BCUT2D eigenvalue weighted by molar-refractivity contribution is 0.0501. The van der Waals surface area contributed by atoms with Crippen molar-refractivity contribution < 1.29 is 14.3 Å². The van der Waals surface area contributed by atoms with E-state index in [0.717, 1.165) is 17.7 Å². The van der Waals surface area contributed by atoms with Gasteiger partial charge in [0, 0.05) is 6.42 Å². The van der Waals surface area contributed by atoms with Gasteiger partial charge < -0.3 is 10.1 Å². The summed E-state index contributed by atoms with van der Waals surface area (Å²) >= 11 is 1.41. The Kier molecular flexibility index (Phi) is 3.89. The van der Waals surface area contributed by atoms with Gasteiger partial charge in [-0.1, -0.05) is 0 Å². The van der Waals surface area contributed by atoms with Crippen molar-refractivity contribution in [1.82, 2.24) is 10.3 Å².